The average molecular weight is 334 g/mol. The molecule has 2 aromatic rings. The molecule has 1 heterocycles. The monoisotopic (exact) mass is 334 g/mol. The fourth-order valence-corrected chi connectivity index (χ4v) is 2.14. The molecular formula is C18H23FN2O3. The van der Waals surface area contributed by atoms with Crippen LogP contribution in [0.4, 0.5) is 4.39 Å². The van der Waals surface area contributed by atoms with E-state index in [1.54, 1.807) is 23.7 Å². The maximum Gasteiger partial charge on any atom is 0.341 e. The van der Waals surface area contributed by atoms with Crippen LogP contribution < -0.4 is 0 Å². The molecular weight excluding hydrogens is 311 g/mol. The van der Waals surface area contributed by atoms with E-state index in [1.165, 1.54) is 18.3 Å². The van der Waals surface area contributed by atoms with Gasteiger partial charge in [-0.1, -0.05) is 13.8 Å². The summed E-state index contributed by atoms with van der Waals surface area (Å²) in [5, 5.41) is 4.18. The van der Waals surface area contributed by atoms with Crippen molar-refractivity contribution in [1.82, 2.24) is 9.78 Å². The van der Waals surface area contributed by atoms with Gasteiger partial charge in [-0.2, -0.15) is 5.10 Å². The zero-order chi connectivity index (χ0) is 17.5. The molecule has 0 radical (unpaired) electrons. The van der Waals surface area contributed by atoms with Crippen LogP contribution in [0.1, 0.15) is 36.3 Å². The summed E-state index contributed by atoms with van der Waals surface area (Å²) in [5.41, 5.74) is 1.72. The SMILES string of the molecule is Cc1c(C(=O)OCCOCCC(C)C)cnn1-c1ccc(F)cc1. The molecule has 0 N–H and O–H groups in total. The molecule has 1 aromatic heterocycles. The Hall–Kier alpha value is -2.21. The molecule has 1 aromatic carbocycles. The molecule has 0 fully saturated rings. The van der Waals surface area contributed by atoms with Crippen LogP contribution >= 0.6 is 0 Å². The zero-order valence-electron chi connectivity index (χ0n) is 14.3. The number of hydrogen-bond acceptors (Lipinski definition) is 4. The number of ether oxygens (including phenoxy) is 2. The fraction of sp³-hybridized carbons (Fsp3) is 0.444. The second-order valence-corrected chi connectivity index (χ2v) is 5.96. The third kappa shape index (κ3) is 4.89. The van der Waals surface area contributed by atoms with Crippen molar-refractivity contribution in [2.24, 2.45) is 5.92 Å². The molecule has 0 aliphatic heterocycles. The van der Waals surface area contributed by atoms with Crippen molar-refractivity contribution in [2.45, 2.75) is 27.2 Å². The molecule has 0 saturated carbocycles. The van der Waals surface area contributed by atoms with Crippen molar-refractivity contribution in [3.8, 4) is 5.69 Å². The van der Waals surface area contributed by atoms with Gasteiger partial charge in [-0.15, -0.1) is 0 Å². The van der Waals surface area contributed by atoms with Gasteiger partial charge in [0.05, 0.1) is 24.2 Å². The van der Waals surface area contributed by atoms with Crippen molar-refractivity contribution < 1.29 is 18.7 Å². The van der Waals surface area contributed by atoms with E-state index in [2.05, 4.69) is 18.9 Å². The molecule has 0 bridgehead atoms. The molecule has 5 nitrogen and oxygen atoms in total. The van der Waals surface area contributed by atoms with Crippen molar-refractivity contribution in [1.29, 1.82) is 0 Å². The largest absolute Gasteiger partial charge is 0.460 e. The first-order chi connectivity index (χ1) is 11.5. The van der Waals surface area contributed by atoms with E-state index in [-0.39, 0.29) is 12.4 Å². The fourth-order valence-electron chi connectivity index (χ4n) is 2.14. The summed E-state index contributed by atoms with van der Waals surface area (Å²) in [4.78, 5) is 12.1. The molecule has 0 aliphatic rings. The highest BCUT2D eigenvalue weighted by molar-refractivity contribution is 5.90. The van der Waals surface area contributed by atoms with Crippen LogP contribution in [0, 0.1) is 18.7 Å². The van der Waals surface area contributed by atoms with Gasteiger partial charge in [-0.05, 0) is 43.5 Å². The number of hydrogen-bond donors (Lipinski definition) is 0. The van der Waals surface area contributed by atoms with Crippen LogP contribution in [-0.2, 0) is 9.47 Å². The molecule has 0 unspecified atom stereocenters. The maximum atomic E-state index is 13.0. The van der Waals surface area contributed by atoms with Gasteiger partial charge in [0.25, 0.3) is 0 Å². The molecule has 0 spiro atoms. The highest BCUT2D eigenvalue weighted by atomic mass is 19.1. The van der Waals surface area contributed by atoms with E-state index in [1.807, 2.05) is 0 Å². The predicted octanol–water partition coefficient (Wildman–Crippen LogP) is 3.54. The third-order valence-electron chi connectivity index (χ3n) is 3.60. The summed E-state index contributed by atoms with van der Waals surface area (Å²) in [5.74, 6) is -0.165. The van der Waals surface area contributed by atoms with Gasteiger partial charge >= 0.3 is 5.97 Å². The van der Waals surface area contributed by atoms with E-state index in [0.717, 1.165) is 6.42 Å². The number of benzene rings is 1. The normalized spacial score (nSPS) is 11.0. The highest BCUT2D eigenvalue weighted by Gasteiger charge is 2.16. The lowest BCUT2D eigenvalue weighted by atomic mass is 10.1. The van der Waals surface area contributed by atoms with Gasteiger partial charge in [0.2, 0.25) is 0 Å². The Morgan fingerprint density at radius 2 is 1.92 bits per heavy atom. The smallest absolute Gasteiger partial charge is 0.341 e. The summed E-state index contributed by atoms with van der Waals surface area (Å²) in [6.07, 6.45) is 2.44. The summed E-state index contributed by atoms with van der Waals surface area (Å²) in [7, 11) is 0. The van der Waals surface area contributed by atoms with Crippen LogP contribution in [-0.4, -0.2) is 35.6 Å². The predicted molar refractivity (Wildman–Crippen MR) is 88.8 cm³/mol. The van der Waals surface area contributed by atoms with Crippen molar-refractivity contribution in [3.63, 3.8) is 0 Å². The van der Waals surface area contributed by atoms with E-state index >= 15 is 0 Å². The standard InChI is InChI=1S/C18H23FN2O3/c1-13(2)8-9-23-10-11-24-18(22)17-12-20-21(14(17)3)16-6-4-15(19)5-7-16/h4-7,12-13H,8-11H2,1-3H3. The second-order valence-electron chi connectivity index (χ2n) is 5.96. The number of aromatic nitrogens is 2. The van der Waals surface area contributed by atoms with Crippen LogP contribution in [0.2, 0.25) is 0 Å². The lowest BCUT2D eigenvalue weighted by molar-refractivity contribution is 0.0302. The van der Waals surface area contributed by atoms with Gasteiger partial charge in [-0.3, -0.25) is 0 Å². The molecule has 0 atom stereocenters. The number of esters is 1. The van der Waals surface area contributed by atoms with E-state index in [9.17, 15) is 9.18 Å². The molecule has 24 heavy (non-hydrogen) atoms. The molecule has 2 rings (SSSR count). The molecule has 0 aliphatic carbocycles. The number of rotatable bonds is 8. The third-order valence-corrected chi connectivity index (χ3v) is 3.60. The number of nitrogens with zero attached hydrogens (tertiary/aromatic N) is 2. The van der Waals surface area contributed by atoms with Gasteiger partial charge in [-0.25, -0.2) is 13.9 Å². The highest BCUT2D eigenvalue weighted by Crippen LogP contribution is 2.15. The van der Waals surface area contributed by atoms with Crippen LogP contribution in [0.25, 0.3) is 5.69 Å². The van der Waals surface area contributed by atoms with E-state index in [4.69, 9.17) is 9.47 Å². The first-order valence-corrected chi connectivity index (χ1v) is 8.04. The van der Waals surface area contributed by atoms with Gasteiger partial charge in [0.1, 0.15) is 18.0 Å². The Kier molecular flexibility index (Phi) is 6.49. The van der Waals surface area contributed by atoms with Crippen LogP contribution in [0.3, 0.4) is 0 Å². The van der Waals surface area contributed by atoms with Crippen molar-refractivity contribution in [3.05, 3.63) is 47.5 Å². The van der Waals surface area contributed by atoms with Gasteiger partial charge in [0.15, 0.2) is 0 Å². The first-order valence-electron chi connectivity index (χ1n) is 8.04. The first kappa shape index (κ1) is 18.1. The Labute approximate surface area is 141 Å². The number of carbonyl (C=O) groups is 1. The minimum Gasteiger partial charge on any atom is -0.460 e. The molecule has 0 amide bonds. The van der Waals surface area contributed by atoms with Gasteiger partial charge in [0, 0.05) is 6.61 Å². The summed E-state index contributed by atoms with van der Waals surface area (Å²) >= 11 is 0. The maximum absolute atomic E-state index is 13.0. The lowest BCUT2D eigenvalue weighted by Crippen LogP contribution is -2.12. The average Bonchev–Trinajstić information content (AvgIpc) is 2.93. The Morgan fingerprint density at radius 1 is 1.21 bits per heavy atom. The van der Waals surface area contributed by atoms with E-state index < -0.39 is 5.97 Å². The summed E-state index contributed by atoms with van der Waals surface area (Å²) in [6, 6.07) is 5.91. The van der Waals surface area contributed by atoms with Crippen molar-refractivity contribution >= 4 is 5.97 Å². The molecule has 0 saturated heterocycles. The van der Waals surface area contributed by atoms with Crippen molar-refractivity contribution in [2.75, 3.05) is 19.8 Å². The summed E-state index contributed by atoms with van der Waals surface area (Å²) < 4.78 is 25.2. The molecule has 130 valence electrons. The minimum absolute atomic E-state index is 0.206. The number of carbonyl (C=O) groups excluding carboxylic acids is 1. The minimum atomic E-state index is -0.437. The van der Waals surface area contributed by atoms with Crippen LogP contribution in [0.15, 0.2) is 30.5 Å². The zero-order valence-corrected chi connectivity index (χ0v) is 14.3. The second kappa shape index (κ2) is 8.59. The lowest BCUT2D eigenvalue weighted by Gasteiger charge is -2.08. The summed E-state index contributed by atoms with van der Waals surface area (Å²) in [6.45, 7) is 7.28. The van der Waals surface area contributed by atoms with E-state index in [0.29, 0.717) is 36.1 Å². The molecule has 6 heteroatoms. The van der Waals surface area contributed by atoms with Gasteiger partial charge < -0.3 is 9.47 Å². The Bertz CT molecular complexity index is 665. The van der Waals surface area contributed by atoms with Crippen LogP contribution in [0.5, 0.6) is 0 Å². The quantitative estimate of drug-likeness (QED) is 0.547. The Morgan fingerprint density at radius 3 is 2.58 bits per heavy atom. The Balaban J connectivity index is 1.88. The number of halogens is 1. The topological polar surface area (TPSA) is 53.4 Å².